The molecule has 1 heterocycles. The van der Waals surface area contributed by atoms with Gasteiger partial charge in [0.05, 0.1) is 0 Å². The van der Waals surface area contributed by atoms with Gasteiger partial charge in [0.1, 0.15) is 5.82 Å². The number of hydrogen-bond acceptors (Lipinski definition) is 5. The van der Waals surface area contributed by atoms with Crippen LogP contribution in [0, 0.1) is 19.7 Å². The minimum atomic E-state index is -0.234. The molecule has 0 bridgehead atoms. The quantitative estimate of drug-likeness (QED) is 0.514. The van der Waals surface area contributed by atoms with Crippen molar-refractivity contribution < 1.29 is 9.18 Å². The van der Waals surface area contributed by atoms with E-state index in [1.165, 1.54) is 29.2 Å². The summed E-state index contributed by atoms with van der Waals surface area (Å²) in [6.45, 7) is 3.97. The van der Waals surface area contributed by atoms with Gasteiger partial charge < -0.3 is 0 Å². The first-order valence-electron chi connectivity index (χ1n) is 7.61. The number of halogens is 1. The van der Waals surface area contributed by atoms with E-state index in [0.717, 1.165) is 11.1 Å². The molecule has 1 amide bonds. The van der Waals surface area contributed by atoms with E-state index >= 15 is 0 Å². The monoisotopic (exact) mass is 373 g/mol. The number of hydrogen-bond donors (Lipinski definition) is 1. The molecular weight excluding hydrogens is 357 g/mol. The Bertz CT molecular complexity index is 911. The Morgan fingerprint density at radius 3 is 2.72 bits per heavy atom. The molecule has 0 atom stereocenters. The molecule has 0 aliphatic rings. The maximum absolute atomic E-state index is 13.6. The molecule has 0 unspecified atom stereocenters. The SMILES string of the molecule is Cc1ccc(C(=O)Nc2nnc(SCc3ccccc3F)s2)cc1C. The van der Waals surface area contributed by atoms with Gasteiger partial charge >= 0.3 is 0 Å². The zero-order valence-corrected chi connectivity index (χ0v) is 15.4. The maximum atomic E-state index is 13.6. The maximum Gasteiger partial charge on any atom is 0.257 e. The smallest absolute Gasteiger partial charge is 0.257 e. The Morgan fingerprint density at radius 1 is 1.16 bits per heavy atom. The number of anilines is 1. The highest BCUT2D eigenvalue weighted by Gasteiger charge is 2.12. The van der Waals surface area contributed by atoms with Gasteiger partial charge in [-0.2, -0.15) is 0 Å². The van der Waals surface area contributed by atoms with Crippen molar-refractivity contribution in [1.82, 2.24) is 10.2 Å². The van der Waals surface area contributed by atoms with Crippen LogP contribution >= 0.6 is 23.1 Å². The Kier molecular flexibility index (Phi) is 5.45. The highest BCUT2D eigenvalue weighted by atomic mass is 32.2. The van der Waals surface area contributed by atoms with E-state index in [1.54, 1.807) is 24.3 Å². The third-order valence-corrected chi connectivity index (χ3v) is 5.73. The van der Waals surface area contributed by atoms with Gasteiger partial charge in [0.2, 0.25) is 5.13 Å². The molecular formula is C18H16FN3OS2. The average Bonchev–Trinajstić information content (AvgIpc) is 3.04. The lowest BCUT2D eigenvalue weighted by Crippen LogP contribution is -2.12. The first-order chi connectivity index (χ1) is 12.0. The number of carbonyl (C=O) groups is 1. The van der Waals surface area contributed by atoms with Gasteiger partial charge in [-0.1, -0.05) is 47.4 Å². The van der Waals surface area contributed by atoms with Gasteiger partial charge in [-0.25, -0.2) is 4.39 Å². The number of carbonyl (C=O) groups excluding carboxylic acids is 1. The van der Waals surface area contributed by atoms with Crippen molar-refractivity contribution in [3.05, 3.63) is 70.5 Å². The molecule has 1 N–H and O–H groups in total. The molecule has 1 aromatic heterocycles. The third kappa shape index (κ3) is 4.43. The first-order valence-corrected chi connectivity index (χ1v) is 9.41. The molecule has 2 aromatic carbocycles. The minimum Gasteiger partial charge on any atom is -0.296 e. The van der Waals surface area contributed by atoms with Crippen LogP contribution in [0.4, 0.5) is 9.52 Å². The summed E-state index contributed by atoms with van der Waals surface area (Å²) in [7, 11) is 0. The summed E-state index contributed by atoms with van der Waals surface area (Å²) in [6.07, 6.45) is 0. The second kappa shape index (κ2) is 7.76. The van der Waals surface area contributed by atoms with Crippen molar-refractivity contribution in [2.24, 2.45) is 0 Å². The van der Waals surface area contributed by atoms with Crippen LogP contribution in [-0.2, 0) is 5.75 Å². The first kappa shape index (κ1) is 17.6. The van der Waals surface area contributed by atoms with Gasteiger partial charge in [0, 0.05) is 11.3 Å². The molecule has 0 saturated heterocycles. The number of aryl methyl sites for hydroxylation is 2. The fraction of sp³-hybridized carbons (Fsp3) is 0.167. The van der Waals surface area contributed by atoms with Gasteiger partial charge in [0.25, 0.3) is 5.91 Å². The Balaban J connectivity index is 1.62. The normalized spacial score (nSPS) is 10.7. The summed E-state index contributed by atoms with van der Waals surface area (Å²) in [5.41, 5.74) is 3.40. The molecule has 25 heavy (non-hydrogen) atoms. The largest absolute Gasteiger partial charge is 0.296 e. The van der Waals surface area contributed by atoms with Crippen LogP contribution in [0.25, 0.3) is 0 Å². The number of thioether (sulfide) groups is 1. The highest BCUT2D eigenvalue weighted by Crippen LogP contribution is 2.29. The standard InChI is InChI=1S/C18H16FN3OS2/c1-11-7-8-13(9-12(11)2)16(23)20-17-21-22-18(25-17)24-10-14-5-3-4-6-15(14)19/h3-9H,10H2,1-2H3,(H,20,21,23). The molecule has 4 nitrogen and oxygen atoms in total. The van der Waals surface area contributed by atoms with Crippen LogP contribution in [0.3, 0.4) is 0 Å². The van der Waals surface area contributed by atoms with Crippen LogP contribution in [0.1, 0.15) is 27.0 Å². The summed E-state index contributed by atoms with van der Waals surface area (Å²) in [6, 6.07) is 12.2. The van der Waals surface area contributed by atoms with E-state index < -0.39 is 0 Å². The van der Waals surface area contributed by atoms with Gasteiger partial charge in [0.15, 0.2) is 4.34 Å². The predicted octanol–water partition coefficient (Wildman–Crippen LogP) is 4.84. The second-order valence-corrected chi connectivity index (χ2v) is 7.71. The summed E-state index contributed by atoms with van der Waals surface area (Å²) >= 11 is 2.66. The predicted molar refractivity (Wildman–Crippen MR) is 99.7 cm³/mol. The molecule has 0 spiro atoms. The molecule has 3 aromatic rings. The Morgan fingerprint density at radius 2 is 1.96 bits per heavy atom. The number of rotatable bonds is 5. The topological polar surface area (TPSA) is 54.9 Å². The van der Waals surface area contributed by atoms with Crippen molar-refractivity contribution in [3.63, 3.8) is 0 Å². The molecule has 0 aliphatic carbocycles. The molecule has 0 fully saturated rings. The molecule has 3 rings (SSSR count). The fourth-order valence-electron chi connectivity index (χ4n) is 2.13. The Labute approximate surface area is 153 Å². The van der Waals surface area contributed by atoms with Crippen molar-refractivity contribution in [2.45, 2.75) is 23.9 Å². The summed E-state index contributed by atoms with van der Waals surface area (Å²) in [4.78, 5) is 12.3. The van der Waals surface area contributed by atoms with E-state index in [-0.39, 0.29) is 11.7 Å². The van der Waals surface area contributed by atoms with Gasteiger partial charge in [-0.3, -0.25) is 10.1 Å². The van der Waals surface area contributed by atoms with E-state index in [0.29, 0.717) is 26.4 Å². The lowest BCUT2D eigenvalue weighted by molar-refractivity contribution is 0.102. The zero-order chi connectivity index (χ0) is 17.8. The van der Waals surface area contributed by atoms with Crippen LogP contribution in [0.5, 0.6) is 0 Å². The van der Waals surface area contributed by atoms with Crippen molar-refractivity contribution in [3.8, 4) is 0 Å². The van der Waals surface area contributed by atoms with Gasteiger partial charge in [-0.05, 0) is 48.7 Å². The molecule has 0 radical (unpaired) electrons. The number of nitrogens with one attached hydrogen (secondary N) is 1. The summed E-state index contributed by atoms with van der Waals surface area (Å²) in [5.74, 6) is 0.0135. The lowest BCUT2D eigenvalue weighted by Gasteiger charge is -2.04. The highest BCUT2D eigenvalue weighted by molar-refractivity contribution is 8.00. The molecule has 7 heteroatoms. The average molecular weight is 373 g/mol. The number of amides is 1. The van der Waals surface area contributed by atoms with E-state index in [4.69, 9.17) is 0 Å². The van der Waals surface area contributed by atoms with Crippen LogP contribution < -0.4 is 5.32 Å². The fourth-order valence-corrected chi connectivity index (χ4v) is 3.86. The van der Waals surface area contributed by atoms with E-state index in [9.17, 15) is 9.18 Å². The van der Waals surface area contributed by atoms with Crippen LogP contribution in [-0.4, -0.2) is 16.1 Å². The lowest BCUT2D eigenvalue weighted by atomic mass is 10.1. The third-order valence-electron chi connectivity index (χ3n) is 3.71. The minimum absolute atomic E-state index is 0.218. The summed E-state index contributed by atoms with van der Waals surface area (Å²) < 4.78 is 14.3. The zero-order valence-electron chi connectivity index (χ0n) is 13.7. The molecule has 0 saturated carbocycles. The van der Waals surface area contributed by atoms with Crippen molar-refractivity contribution in [2.75, 3.05) is 5.32 Å². The van der Waals surface area contributed by atoms with Crippen molar-refractivity contribution >= 4 is 34.1 Å². The van der Waals surface area contributed by atoms with Crippen LogP contribution in [0.15, 0.2) is 46.8 Å². The summed E-state index contributed by atoms with van der Waals surface area (Å²) in [5, 5.41) is 11.2. The number of aromatic nitrogens is 2. The van der Waals surface area contributed by atoms with Crippen molar-refractivity contribution in [1.29, 1.82) is 0 Å². The molecule has 128 valence electrons. The number of benzene rings is 2. The van der Waals surface area contributed by atoms with Gasteiger partial charge in [-0.15, -0.1) is 10.2 Å². The van der Waals surface area contributed by atoms with Crippen LogP contribution in [0.2, 0.25) is 0 Å². The Hall–Kier alpha value is -2.25. The van der Waals surface area contributed by atoms with E-state index in [2.05, 4.69) is 15.5 Å². The number of nitrogens with zero attached hydrogens (tertiary/aromatic N) is 2. The second-order valence-electron chi connectivity index (χ2n) is 5.51. The van der Waals surface area contributed by atoms with E-state index in [1.807, 2.05) is 26.0 Å². The molecule has 0 aliphatic heterocycles.